The molecule has 2 rings (SSSR count). The highest BCUT2D eigenvalue weighted by molar-refractivity contribution is 7.84. The lowest BCUT2D eigenvalue weighted by atomic mass is 10.2. The zero-order valence-electron chi connectivity index (χ0n) is 10.4. The van der Waals surface area contributed by atoms with Crippen molar-refractivity contribution in [3.05, 3.63) is 32.9 Å². The highest BCUT2D eigenvalue weighted by Gasteiger charge is 2.36. The highest BCUT2D eigenvalue weighted by atomic mass is 32.2. The molecule has 1 aliphatic rings. The van der Waals surface area contributed by atoms with Crippen LogP contribution >= 0.6 is 0 Å². The van der Waals surface area contributed by atoms with Gasteiger partial charge in [0.1, 0.15) is 12.3 Å². The molecule has 1 unspecified atom stereocenters. The first kappa shape index (κ1) is 15.8. The minimum atomic E-state index is -4.20. The molecular weight excluding hydrogens is 313 g/mol. The monoisotopic (exact) mass is 325 g/mol. The number of aromatic amines is 1. The van der Waals surface area contributed by atoms with E-state index in [0.29, 0.717) is 6.20 Å². The van der Waals surface area contributed by atoms with Gasteiger partial charge in [0, 0.05) is 6.42 Å². The quantitative estimate of drug-likeness (QED) is 0.555. The summed E-state index contributed by atoms with van der Waals surface area (Å²) in [5.74, 6) is -1.20. The Bertz CT molecular complexity index is 742. The Morgan fingerprint density at radius 3 is 2.86 bits per heavy atom. The number of rotatable bonds is 4. The van der Waals surface area contributed by atoms with Gasteiger partial charge >= 0.3 is 16.0 Å². The number of H-pyrrole nitrogens is 1. The molecule has 10 nitrogen and oxygen atoms in total. The van der Waals surface area contributed by atoms with Crippen LogP contribution in [0.4, 0.5) is 4.39 Å². The summed E-state index contributed by atoms with van der Waals surface area (Å²) in [5.41, 5.74) is -2.10. The second-order valence-electron chi connectivity index (χ2n) is 4.35. The number of aliphatic hydroxyl groups is 1. The molecule has 12 heteroatoms. The van der Waals surface area contributed by atoms with Gasteiger partial charge in [-0.3, -0.25) is 18.5 Å². The maximum absolute atomic E-state index is 13.2. The average molecular weight is 325 g/mol. The fourth-order valence-corrected chi connectivity index (χ4v) is 2.20. The molecule has 2 heterocycles. The van der Waals surface area contributed by atoms with Crippen molar-refractivity contribution in [2.45, 2.75) is 24.9 Å². The number of hydrogen-bond acceptors (Lipinski definition) is 7. The Morgan fingerprint density at radius 2 is 2.24 bits per heavy atom. The number of nitrogens with zero attached hydrogens (tertiary/aromatic N) is 1. The first-order chi connectivity index (χ1) is 9.67. The van der Waals surface area contributed by atoms with Crippen molar-refractivity contribution < 1.29 is 26.8 Å². The van der Waals surface area contributed by atoms with Gasteiger partial charge < -0.3 is 9.84 Å². The second-order valence-corrected chi connectivity index (χ2v) is 5.57. The minimum absolute atomic E-state index is 0.121. The normalized spacial score (nSPS) is 26.1. The van der Waals surface area contributed by atoms with Gasteiger partial charge in [-0.15, -0.1) is 0 Å². The molecule has 3 atom stereocenters. The zero-order valence-corrected chi connectivity index (χ0v) is 11.2. The fraction of sp³-hybridized carbons (Fsp3) is 0.556. The molecule has 0 saturated carbocycles. The van der Waals surface area contributed by atoms with Crippen LogP contribution in [-0.2, 0) is 19.2 Å². The topological polar surface area (TPSA) is 154 Å². The molecule has 0 bridgehead atoms. The lowest BCUT2D eigenvalue weighted by Crippen LogP contribution is -2.34. The Labute approximate surface area is 117 Å². The van der Waals surface area contributed by atoms with Crippen molar-refractivity contribution in [2.75, 3.05) is 6.61 Å². The Morgan fingerprint density at radius 1 is 1.57 bits per heavy atom. The predicted octanol–water partition coefficient (Wildman–Crippen LogP) is -2.46. The maximum Gasteiger partial charge on any atom is 0.333 e. The van der Waals surface area contributed by atoms with Gasteiger partial charge in [-0.25, -0.2) is 9.93 Å². The summed E-state index contributed by atoms with van der Waals surface area (Å²) in [6.07, 6.45) is -2.78. The smallest absolute Gasteiger partial charge is 0.333 e. The largest absolute Gasteiger partial charge is 0.390 e. The number of aliphatic hydroxyl groups excluding tert-OH is 1. The summed E-state index contributed by atoms with van der Waals surface area (Å²) in [6.45, 7) is -0.558. The van der Waals surface area contributed by atoms with E-state index in [1.54, 1.807) is 4.98 Å². The van der Waals surface area contributed by atoms with Crippen LogP contribution in [0, 0.1) is 5.82 Å². The van der Waals surface area contributed by atoms with Gasteiger partial charge in [0.15, 0.2) is 0 Å². The number of nitrogens with two attached hydrogens (primary N) is 1. The first-order valence-electron chi connectivity index (χ1n) is 5.69. The molecule has 0 aromatic carbocycles. The Hall–Kier alpha value is -1.60. The molecular formula is C9H12FN3O7S. The van der Waals surface area contributed by atoms with Gasteiger partial charge in [-0.1, -0.05) is 0 Å². The first-order valence-corrected chi connectivity index (χ1v) is 7.16. The summed E-state index contributed by atoms with van der Waals surface area (Å²) in [6, 6.07) is 0. The third kappa shape index (κ3) is 3.74. The third-order valence-corrected chi connectivity index (χ3v) is 3.30. The van der Waals surface area contributed by atoms with Gasteiger partial charge in [-0.2, -0.15) is 12.8 Å². The minimum Gasteiger partial charge on any atom is -0.390 e. The Balaban J connectivity index is 2.16. The molecule has 1 fully saturated rings. The molecule has 0 radical (unpaired) electrons. The lowest BCUT2D eigenvalue weighted by molar-refractivity contribution is -0.0402. The molecule has 1 saturated heterocycles. The van der Waals surface area contributed by atoms with Crippen molar-refractivity contribution in [1.29, 1.82) is 0 Å². The number of hydrogen-bond donors (Lipinski definition) is 3. The summed E-state index contributed by atoms with van der Waals surface area (Å²) >= 11 is 0. The Kier molecular flexibility index (Phi) is 4.25. The van der Waals surface area contributed by atoms with Crippen molar-refractivity contribution in [3.63, 3.8) is 0 Å². The van der Waals surface area contributed by atoms with E-state index in [9.17, 15) is 27.5 Å². The highest BCUT2D eigenvalue weighted by Crippen LogP contribution is 2.27. The van der Waals surface area contributed by atoms with Crippen LogP contribution in [0.3, 0.4) is 0 Å². The van der Waals surface area contributed by atoms with Crippen LogP contribution in [0.15, 0.2) is 15.8 Å². The van der Waals surface area contributed by atoms with E-state index in [2.05, 4.69) is 9.32 Å². The van der Waals surface area contributed by atoms with E-state index in [1.807, 2.05) is 0 Å². The number of ether oxygens (including phenoxy) is 1. The third-order valence-electron chi connectivity index (χ3n) is 2.84. The molecule has 1 aromatic rings. The average Bonchev–Trinajstić information content (AvgIpc) is 2.72. The van der Waals surface area contributed by atoms with E-state index in [-0.39, 0.29) is 6.42 Å². The number of aromatic nitrogens is 2. The number of nitrogens with one attached hydrogen (secondary N) is 1. The van der Waals surface area contributed by atoms with Crippen LogP contribution in [0.1, 0.15) is 12.6 Å². The van der Waals surface area contributed by atoms with Crippen molar-refractivity contribution in [3.8, 4) is 0 Å². The van der Waals surface area contributed by atoms with Gasteiger partial charge in [-0.05, 0) is 0 Å². The van der Waals surface area contributed by atoms with E-state index in [4.69, 9.17) is 4.74 Å². The van der Waals surface area contributed by atoms with Crippen LogP contribution in [0.5, 0.6) is 0 Å². The molecule has 1 aromatic heterocycles. The van der Waals surface area contributed by atoms with E-state index < -0.39 is 52.4 Å². The van der Waals surface area contributed by atoms with E-state index >= 15 is 0 Å². The summed E-state index contributed by atoms with van der Waals surface area (Å²) in [4.78, 5) is 24.2. The summed E-state index contributed by atoms with van der Waals surface area (Å²) in [7, 11) is -4.20. The van der Waals surface area contributed by atoms with Crippen LogP contribution in [0.2, 0.25) is 0 Å². The summed E-state index contributed by atoms with van der Waals surface area (Å²) < 4.78 is 44.7. The molecule has 4 N–H and O–H groups in total. The van der Waals surface area contributed by atoms with Crippen LogP contribution in [-0.4, -0.2) is 41.9 Å². The lowest BCUT2D eigenvalue weighted by Gasteiger charge is -2.15. The maximum atomic E-state index is 13.2. The van der Waals surface area contributed by atoms with Gasteiger partial charge in [0.25, 0.3) is 5.56 Å². The van der Waals surface area contributed by atoms with Crippen molar-refractivity contribution in [2.24, 2.45) is 5.14 Å². The van der Waals surface area contributed by atoms with Gasteiger partial charge in [0.05, 0.1) is 18.9 Å². The van der Waals surface area contributed by atoms with Crippen LogP contribution in [0.25, 0.3) is 0 Å². The molecule has 0 amide bonds. The summed E-state index contributed by atoms with van der Waals surface area (Å²) in [5, 5.41) is 14.3. The standard InChI is InChI=1S/C9H12FN3O7S/c10-4-2-13(9(16)12-8(4)15)7-1-5(14)6(20-7)3-19-21(11,17)18/h2,5-7,14H,1,3H2,(H2,11,17,18)(H,12,15,16)/t5?,6-,7-/m0/s1. The fourth-order valence-electron chi connectivity index (χ4n) is 1.87. The second kappa shape index (κ2) is 5.65. The van der Waals surface area contributed by atoms with E-state index in [1.165, 1.54) is 0 Å². The predicted molar refractivity (Wildman–Crippen MR) is 64.9 cm³/mol. The molecule has 0 aliphatic carbocycles. The van der Waals surface area contributed by atoms with Gasteiger partial charge in [0.2, 0.25) is 5.82 Å². The van der Waals surface area contributed by atoms with Crippen LogP contribution < -0.4 is 16.4 Å². The zero-order chi connectivity index (χ0) is 15.8. The molecule has 0 spiro atoms. The molecule has 21 heavy (non-hydrogen) atoms. The molecule has 1 aliphatic heterocycles. The van der Waals surface area contributed by atoms with Crippen molar-refractivity contribution in [1.82, 2.24) is 9.55 Å². The molecule has 118 valence electrons. The number of halogens is 1. The van der Waals surface area contributed by atoms with E-state index in [0.717, 1.165) is 4.57 Å². The van der Waals surface area contributed by atoms with Crippen molar-refractivity contribution >= 4 is 10.3 Å². The SMILES string of the molecule is NS(=O)(=O)OC[C@@H]1O[C@H](n2cc(F)c(=O)[nH]c2=O)CC1O.